The Labute approximate surface area is 168 Å². The quantitative estimate of drug-likeness (QED) is 0.735. The van der Waals surface area contributed by atoms with Gasteiger partial charge in [-0.25, -0.2) is 0 Å². The van der Waals surface area contributed by atoms with Crippen LogP contribution in [0.15, 0.2) is 42.5 Å². The summed E-state index contributed by atoms with van der Waals surface area (Å²) in [5, 5.41) is 7.23. The van der Waals surface area contributed by atoms with Crippen LogP contribution in [0.1, 0.15) is 46.9 Å². The first-order valence-electron chi connectivity index (χ1n) is 9.15. The van der Waals surface area contributed by atoms with E-state index in [9.17, 15) is 4.79 Å². The molecule has 0 saturated carbocycles. The van der Waals surface area contributed by atoms with Crippen molar-refractivity contribution in [1.82, 2.24) is 10.2 Å². The number of benzene rings is 2. The molecule has 0 aliphatic heterocycles. The molecular formula is C22H29N3OS. The summed E-state index contributed by atoms with van der Waals surface area (Å²) in [6, 6.07) is 14.0. The third-order valence-corrected chi connectivity index (χ3v) is 4.73. The minimum atomic E-state index is -0.0167. The number of nitrogens with one attached hydrogen (secondary N) is 2. The lowest BCUT2D eigenvalue weighted by atomic mass is 9.92. The highest BCUT2D eigenvalue weighted by atomic mass is 32.1. The van der Waals surface area contributed by atoms with E-state index in [0.29, 0.717) is 16.6 Å². The van der Waals surface area contributed by atoms with Crippen molar-refractivity contribution in [2.75, 3.05) is 19.4 Å². The lowest BCUT2D eigenvalue weighted by molar-refractivity contribution is 0.0827. The highest BCUT2D eigenvalue weighted by Gasteiger charge is 2.19. The molecule has 1 atom stereocenters. The maximum Gasteiger partial charge on any atom is 0.253 e. The van der Waals surface area contributed by atoms with Gasteiger partial charge in [0.2, 0.25) is 0 Å². The third kappa shape index (κ3) is 5.54. The second kappa shape index (κ2) is 9.00. The maximum absolute atomic E-state index is 12.0. The molecule has 0 bridgehead atoms. The zero-order valence-corrected chi connectivity index (χ0v) is 17.8. The van der Waals surface area contributed by atoms with E-state index in [0.717, 1.165) is 5.69 Å². The zero-order chi connectivity index (χ0) is 20.1. The van der Waals surface area contributed by atoms with Crippen LogP contribution in [-0.2, 0) is 0 Å². The number of aryl methyl sites for hydroxylation is 2. The van der Waals surface area contributed by atoms with Crippen LogP contribution in [0.5, 0.6) is 0 Å². The first-order valence-corrected chi connectivity index (χ1v) is 9.56. The molecule has 0 spiro atoms. The molecule has 2 aromatic rings. The Bertz CT molecular complexity index is 813. The van der Waals surface area contributed by atoms with Crippen molar-refractivity contribution in [3.05, 3.63) is 64.7 Å². The Morgan fingerprint density at radius 1 is 1.04 bits per heavy atom. The summed E-state index contributed by atoms with van der Waals surface area (Å²) in [5.41, 5.74) is 5.28. The predicted octanol–water partition coefficient (Wildman–Crippen LogP) is 4.69. The largest absolute Gasteiger partial charge is 0.355 e. The molecule has 1 amide bonds. The summed E-state index contributed by atoms with van der Waals surface area (Å²) in [6.45, 7) is 8.60. The number of carbonyl (C=O) groups excluding carboxylic acids is 1. The Balaban J connectivity index is 2.09. The standard InChI is InChI=1S/C22H29N3OS/c1-14(2)20(19-12-7-15(3)13-16(19)4)24-22(27)23-18-10-8-17(9-11-18)21(26)25(5)6/h7-14,20H,1-6H3,(H2,23,24,27)/t20-/m0/s1. The summed E-state index contributed by atoms with van der Waals surface area (Å²) < 4.78 is 0. The third-order valence-electron chi connectivity index (χ3n) is 4.51. The first-order chi connectivity index (χ1) is 12.7. The number of hydrogen-bond acceptors (Lipinski definition) is 2. The minimum Gasteiger partial charge on any atom is -0.355 e. The number of thiocarbonyl (C=S) groups is 1. The SMILES string of the molecule is Cc1ccc([C@@H](NC(=S)Nc2ccc(C(=O)N(C)C)cc2)C(C)C)c(C)c1. The summed E-state index contributed by atoms with van der Waals surface area (Å²) in [7, 11) is 3.49. The maximum atomic E-state index is 12.0. The van der Waals surface area contributed by atoms with E-state index in [1.54, 1.807) is 31.1 Å². The number of hydrogen-bond donors (Lipinski definition) is 2. The molecule has 0 heterocycles. The van der Waals surface area contributed by atoms with Gasteiger partial charge in [0.1, 0.15) is 0 Å². The normalized spacial score (nSPS) is 11.8. The van der Waals surface area contributed by atoms with Crippen LogP contribution >= 0.6 is 12.2 Å². The smallest absolute Gasteiger partial charge is 0.253 e. The molecule has 0 aromatic heterocycles. The van der Waals surface area contributed by atoms with E-state index in [1.807, 2.05) is 12.1 Å². The van der Waals surface area contributed by atoms with E-state index >= 15 is 0 Å². The molecular weight excluding hydrogens is 354 g/mol. The van der Waals surface area contributed by atoms with E-state index in [1.165, 1.54) is 16.7 Å². The van der Waals surface area contributed by atoms with Crippen LogP contribution in [0.2, 0.25) is 0 Å². The van der Waals surface area contributed by atoms with Crippen molar-refractivity contribution in [2.24, 2.45) is 5.92 Å². The van der Waals surface area contributed by atoms with Gasteiger partial charge < -0.3 is 15.5 Å². The lowest BCUT2D eigenvalue weighted by Gasteiger charge is -2.26. The zero-order valence-electron chi connectivity index (χ0n) is 17.0. The van der Waals surface area contributed by atoms with E-state index in [4.69, 9.17) is 12.2 Å². The predicted molar refractivity (Wildman–Crippen MR) is 117 cm³/mol. The van der Waals surface area contributed by atoms with Crippen molar-refractivity contribution in [2.45, 2.75) is 33.7 Å². The molecule has 0 radical (unpaired) electrons. The van der Waals surface area contributed by atoms with Crippen LogP contribution in [0, 0.1) is 19.8 Å². The number of anilines is 1. The summed E-state index contributed by atoms with van der Waals surface area (Å²) in [4.78, 5) is 13.5. The van der Waals surface area contributed by atoms with E-state index in [-0.39, 0.29) is 11.9 Å². The van der Waals surface area contributed by atoms with E-state index in [2.05, 4.69) is 56.5 Å². The molecule has 5 heteroatoms. The van der Waals surface area contributed by atoms with Crippen molar-refractivity contribution < 1.29 is 4.79 Å². The first kappa shape index (κ1) is 20.9. The molecule has 0 fully saturated rings. The summed E-state index contributed by atoms with van der Waals surface area (Å²) >= 11 is 5.53. The van der Waals surface area contributed by atoms with Crippen molar-refractivity contribution >= 4 is 28.9 Å². The van der Waals surface area contributed by atoms with Crippen LogP contribution < -0.4 is 10.6 Å². The molecule has 2 aromatic carbocycles. The highest BCUT2D eigenvalue weighted by molar-refractivity contribution is 7.80. The second-order valence-electron chi connectivity index (χ2n) is 7.46. The van der Waals surface area contributed by atoms with Gasteiger partial charge in [0, 0.05) is 25.3 Å². The Morgan fingerprint density at radius 2 is 1.67 bits per heavy atom. The van der Waals surface area contributed by atoms with Gasteiger partial charge in [-0.3, -0.25) is 4.79 Å². The van der Waals surface area contributed by atoms with Gasteiger partial charge in [-0.2, -0.15) is 0 Å². The molecule has 144 valence electrons. The Kier molecular flexibility index (Phi) is 6.97. The Morgan fingerprint density at radius 3 is 2.19 bits per heavy atom. The van der Waals surface area contributed by atoms with Gasteiger partial charge in [0.25, 0.3) is 5.91 Å². The number of nitrogens with zero attached hydrogens (tertiary/aromatic N) is 1. The Hall–Kier alpha value is -2.40. The van der Waals surface area contributed by atoms with Crippen LogP contribution in [-0.4, -0.2) is 30.0 Å². The van der Waals surface area contributed by atoms with Gasteiger partial charge in [-0.05, 0) is 67.4 Å². The van der Waals surface area contributed by atoms with Gasteiger partial charge in [0.15, 0.2) is 5.11 Å². The molecule has 0 aliphatic carbocycles. The summed E-state index contributed by atoms with van der Waals surface area (Å²) in [5.74, 6) is 0.364. The minimum absolute atomic E-state index is 0.0167. The van der Waals surface area contributed by atoms with Crippen LogP contribution in [0.3, 0.4) is 0 Å². The molecule has 4 nitrogen and oxygen atoms in total. The lowest BCUT2D eigenvalue weighted by Crippen LogP contribution is -2.35. The van der Waals surface area contributed by atoms with Gasteiger partial charge in [-0.15, -0.1) is 0 Å². The summed E-state index contributed by atoms with van der Waals surface area (Å²) in [6.07, 6.45) is 0. The second-order valence-corrected chi connectivity index (χ2v) is 7.87. The number of carbonyl (C=O) groups is 1. The van der Waals surface area contributed by atoms with E-state index < -0.39 is 0 Å². The number of amides is 1. The average molecular weight is 384 g/mol. The van der Waals surface area contributed by atoms with Gasteiger partial charge in [0.05, 0.1) is 6.04 Å². The molecule has 0 aliphatic rings. The van der Waals surface area contributed by atoms with Gasteiger partial charge >= 0.3 is 0 Å². The molecule has 2 rings (SSSR count). The van der Waals surface area contributed by atoms with Crippen molar-refractivity contribution in [1.29, 1.82) is 0 Å². The highest BCUT2D eigenvalue weighted by Crippen LogP contribution is 2.25. The van der Waals surface area contributed by atoms with Crippen LogP contribution in [0.25, 0.3) is 0 Å². The van der Waals surface area contributed by atoms with Crippen LogP contribution in [0.4, 0.5) is 5.69 Å². The topological polar surface area (TPSA) is 44.4 Å². The number of rotatable bonds is 5. The fourth-order valence-electron chi connectivity index (χ4n) is 3.04. The fraction of sp³-hybridized carbons (Fsp3) is 0.364. The monoisotopic (exact) mass is 383 g/mol. The van der Waals surface area contributed by atoms with Crippen molar-refractivity contribution in [3.63, 3.8) is 0 Å². The fourth-order valence-corrected chi connectivity index (χ4v) is 3.29. The molecule has 0 saturated heterocycles. The van der Waals surface area contributed by atoms with Gasteiger partial charge in [-0.1, -0.05) is 37.6 Å². The average Bonchev–Trinajstić information content (AvgIpc) is 2.60. The molecule has 27 heavy (non-hydrogen) atoms. The molecule has 0 unspecified atom stereocenters. The van der Waals surface area contributed by atoms with Crippen molar-refractivity contribution in [3.8, 4) is 0 Å². The molecule has 2 N–H and O–H groups in total.